The fraction of sp³-hybridized carbons (Fsp3) is 0.462. The number of esters is 5. The molecule has 256 valence electrons. The van der Waals surface area contributed by atoms with E-state index in [2.05, 4.69) is 27.8 Å². The van der Waals surface area contributed by atoms with Gasteiger partial charge in [0.05, 0.1) is 12.8 Å². The second-order valence-corrected chi connectivity index (χ2v) is 10.2. The van der Waals surface area contributed by atoms with Gasteiger partial charge in [0.15, 0.2) is 6.10 Å². The molecule has 0 saturated carbocycles. The van der Waals surface area contributed by atoms with Crippen LogP contribution in [0.3, 0.4) is 0 Å². The number of carbonyl (C=O) groups excluding carboxylic acids is 5. The first kappa shape index (κ1) is 87.6. The van der Waals surface area contributed by atoms with Crippen LogP contribution in [0.4, 0.5) is 9.59 Å². The van der Waals surface area contributed by atoms with Gasteiger partial charge in [-0.25, -0.2) is 32.9 Å². The standard InChI is InChI=1S/C13H16O20P2.ClH.9Na.H3O4P.9H/c1-5(32-35(26,27)33-34(23,24)25)9(17)31-13(10(18)28-6(2)14,3-7(15)29-11(19)20)4-8(16)30-12(21)22;;;;;;;;;;;1-5(2,3)4;;;;;;;;;/h5H,3-4H2,1-2H3,(H,19,20)(H,21,22)(H,26,27)(H2,23,24,25);1H;;;;;;;;;;(H3,1,2,3,4);;;;;;;;;. The Morgan fingerprint density at radius 1 is 0.640 bits per heavy atom. The summed E-state index contributed by atoms with van der Waals surface area (Å²) in [4.78, 5) is 129. The van der Waals surface area contributed by atoms with Crippen molar-refractivity contribution in [1.82, 2.24) is 0 Å². The Hall–Kier alpha value is 6.15. The number of phosphoric ester groups is 1. The Labute approximate surface area is 487 Å². The molecule has 0 aliphatic rings. The molecule has 0 fully saturated rings. The molecule has 0 aliphatic carbocycles. The maximum absolute atomic E-state index is 12.4. The van der Waals surface area contributed by atoms with Gasteiger partial charge in [0, 0.05) is 6.92 Å². The van der Waals surface area contributed by atoms with Crippen molar-refractivity contribution < 1.29 is 115 Å². The van der Waals surface area contributed by atoms with Gasteiger partial charge in [-0.1, -0.05) is 0 Å². The van der Waals surface area contributed by atoms with Crippen LogP contribution in [0.2, 0.25) is 0 Å². The molecule has 0 spiro atoms. The van der Waals surface area contributed by atoms with Gasteiger partial charge in [0.2, 0.25) is 5.60 Å². The summed E-state index contributed by atoms with van der Waals surface area (Å²) in [5.41, 5.74) is -3.39. The third-order valence-corrected chi connectivity index (χ3v) is 5.26. The first-order chi connectivity index (χ1) is 17.7. The maximum atomic E-state index is 12.4. The minimum atomic E-state index is -5.70. The molecule has 50 heavy (non-hydrogen) atoms. The first-order valence-corrected chi connectivity index (χ1v) is 13.7. The zero-order chi connectivity index (χ0) is 32.3. The van der Waals surface area contributed by atoms with Gasteiger partial charge < -0.3 is 58.5 Å². The number of phosphoric acid groups is 3. The van der Waals surface area contributed by atoms with Crippen molar-refractivity contribution in [3.63, 3.8) is 0 Å². The van der Waals surface area contributed by atoms with Crippen LogP contribution in [0, 0.1) is 0 Å². The molecule has 0 aromatic rings. The van der Waals surface area contributed by atoms with Crippen molar-refractivity contribution in [2.75, 3.05) is 0 Å². The molecule has 0 bridgehead atoms. The van der Waals surface area contributed by atoms with E-state index in [1.54, 1.807) is 0 Å². The molecule has 0 radical (unpaired) electrons. The van der Waals surface area contributed by atoms with Crippen molar-refractivity contribution in [2.24, 2.45) is 0 Å². The monoisotopic (exact) mass is 904 g/mol. The van der Waals surface area contributed by atoms with Crippen LogP contribution in [-0.2, 0) is 65.4 Å². The molecule has 37 heteroatoms. The van der Waals surface area contributed by atoms with Crippen molar-refractivity contribution in [3.8, 4) is 0 Å². The van der Waals surface area contributed by atoms with E-state index in [9.17, 15) is 47.6 Å². The summed E-state index contributed by atoms with van der Waals surface area (Å²) in [5, 5.41) is 17.0. The topological polar surface area (TPSA) is 388 Å². The van der Waals surface area contributed by atoms with Gasteiger partial charge in [-0.2, -0.15) is 4.31 Å². The number of hydrogen-bond acceptors (Lipinski definition) is 16. The van der Waals surface area contributed by atoms with E-state index in [0.29, 0.717) is 13.8 Å². The van der Waals surface area contributed by atoms with E-state index in [1.165, 1.54) is 0 Å². The fourth-order valence-corrected chi connectivity index (χ4v) is 3.66. The second kappa shape index (κ2) is 41.9. The Bertz CT molecular complexity index is 1150. The fourth-order valence-electron chi connectivity index (χ4n) is 1.95. The number of halogens is 1. The summed E-state index contributed by atoms with van der Waals surface area (Å²) in [5.74, 6) is -9.32. The molecule has 0 heterocycles. The molecule has 0 aromatic heterocycles. The van der Waals surface area contributed by atoms with E-state index < -0.39 is 90.2 Å². The Kier molecular flexibility index (Phi) is 73.4. The van der Waals surface area contributed by atoms with E-state index in [4.69, 9.17) is 39.2 Å². The van der Waals surface area contributed by atoms with Gasteiger partial charge in [-0.15, -0.1) is 12.4 Å². The zero-order valence-electron chi connectivity index (χ0n) is 19.9. The average molecular weight is 905 g/mol. The molecular formula is C13H29ClNa9O24P3. The van der Waals surface area contributed by atoms with E-state index in [1.807, 2.05) is 0 Å². The summed E-state index contributed by atoms with van der Waals surface area (Å²) >= 11 is 0. The molecule has 0 amide bonds. The quantitative estimate of drug-likeness (QED) is 0.0314. The molecule has 0 rings (SSSR count). The summed E-state index contributed by atoms with van der Waals surface area (Å²) in [6.07, 6.45) is -10.4. The van der Waals surface area contributed by atoms with Gasteiger partial charge in [0.1, 0.15) is 0 Å². The van der Waals surface area contributed by atoms with Gasteiger partial charge in [-0.3, -0.25) is 18.9 Å². The van der Waals surface area contributed by atoms with E-state index in [0.717, 1.165) is 0 Å². The minimum absolute atomic E-state index is 0. The van der Waals surface area contributed by atoms with Crippen molar-refractivity contribution in [2.45, 2.75) is 38.4 Å². The molecule has 0 saturated heterocycles. The van der Waals surface area contributed by atoms with Gasteiger partial charge >= 0.3 is 332 Å². The van der Waals surface area contributed by atoms with Crippen LogP contribution >= 0.6 is 35.9 Å². The molecule has 2 atom stereocenters. The number of hydrogen-bond donors (Lipinski definition) is 8. The predicted octanol–water partition coefficient (Wildman–Crippen LogP) is -7.15. The Morgan fingerprint density at radius 2 is 0.940 bits per heavy atom. The van der Waals surface area contributed by atoms with Crippen LogP contribution in [0.5, 0.6) is 0 Å². The van der Waals surface area contributed by atoms with Gasteiger partial charge in [0.25, 0.3) is 0 Å². The third kappa shape index (κ3) is 52.2. The Balaban J connectivity index is -0.0000000895. The van der Waals surface area contributed by atoms with Crippen molar-refractivity contribution in [1.29, 1.82) is 0 Å². The number of carbonyl (C=O) groups is 7. The summed E-state index contributed by atoms with van der Waals surface area (Å²) in [7, 11) is -16.0. The van der Waals surface area contributed by atoms with Crippen LogP contribution < -0.4 is 0 Å². The third-order valence-electron chi connectivity index (χ3n) is 3.00. The second-order valence-electron chi connectivity index (χ2n) is 6.43. The van der Waals surface area contributed by atoms with Crippen LogP contribution in [-0.4, -0.2) is 359 Å². The first-order valence-electron chi connectivity index (χ1n) is 9.07. The molecule has 0 aromatic carbocycles. The molecule has 8 N–H and O–H groups in total. The Morgan fingerprint density at radius 3 is 1.18 bits per heavy atom. The average Bonchev–Trinajstić information content (AvgIpc) is 2.61. The number of rotatable bonds is 11. The summed E-state index contributed by atoms with van der Waals surface area (Å²) in [6, 6.07) is 0. The van der Waals surface area contributed by atoms with Crippen LogP contribution in [0.15, 0.2) is 0 Å². The molecule has 0 aliphatic heterocycles. The van der Waals surface area contributed by atoms with Crippen LogP contribution in [0.25, 0.3) is 0 Å². The molecule has 2 unspecified atom stereocenters. The SMILES string of the molecule is CC(=O)OC(=O)C(CC(=O)OC(=O)O)(CC(=O)OC(=O)O)OC(=O)C(C)OP(=O)(O)OP(=O)(O)O.Cl.O=P(O)(O)O.[NaH].[NaH].[NaH].[NaH].[NaH].[NaH].[NaH].[NaH].[NaH]. The predicted molar refractivity (Wildman–Crippen MR) is 182 cm³/mol. The van der Waals surface area contributed by atoms with Crippen molar-refractivity contribution >= 4 is 344 Å². The molecular weight excluding hydrogens is 875 g/mol. The summed E-state index contributed by atoms with van der Waals surface area (Å²) in [6.45, 7) is 1.18. The molecule has 24 nitrogen and oxygen atoms in total. The van der Waals surface area contributed by atoms with E-state index in [-0.39, 0.29) is 278 Å². The number of carboxylic acid groups (broad SMARTS) is 2. The van der Waals surface area contributed by atoms with Crippen molar-refractivity contribution in [3.05, 3.63) is 0 Å². The zero-order valence-corrected chi connectivity index (χ0v) is 23.4. The van der Waals surface area contributed by atoms with E-state index >= 15 is 0 Å². The normalized spacial score (nSPS) is 11.0. The van der Waals surface area contributed by atoms with Gasteiger partial charge in [-0.05, 0) is 6.92 Å². The van der Waals surface area contributed by atoms with Crippen LogP contribution in [0.1, 0.15) is 26.7 Å². The summed E-state index contributed by atoms with van der Waals surface area (Å²) < 4.78 is 54.8. The number of ether oxygens (including phenoxy) is 4.